The SMILES string of the molecule is Cc1nc(C(=O)N2CCN(Cc3ccc(C(C)C)cc3)CC2)nn1-c1ccc(F)cc1. The molecule has 1 fully saturated rings. The first-order valence-electron chi connectivity index (χ1n) is 10.7. The Kier molecular flexibility index (Phi) is 6.13. The Bertz CT molecular complexity index is 1030. The summed E-state index contributed by atoms with van der Waals surface area (Å²) in [5.74, 6) is 0.835. The molecule has 0 aliphatic carbocycles. The van der Waals surface area contributed by atoms with Crippen LogP contribution in [-0.4, -0.2) is 56.7 Å². The fourth-order valence-corrected chi connectivity index (χ4v) is 3.82. The first-order valence-corrected chi connectivity index (χ1v) is 10.7. The Balaban J connectivity index is 1.36. The van der Waals surface area contributed by atoms with E-state index in [2.05, 4.69) is 53.1 Å². The van der Waals surface area contributed by atoms with Crippen LogP contribution in [-0.2, 0) is 6.54 Å². The third-order valence-corrected chi connectivity index (χ3v) is 5.74. The molecule has 1 aliphatic heterocycles. The molecule has 0 atom stereocenters. The molecule has 1 saturated heterocycles. The second-order valence-electron chi connectivity index (χ2n) is 8.34. The predicted molar refractivity (Wildman–Crippen MR) is 118 cm³/mol. The number of hydrogen-bond donors (Lipinski definition) is 0. The maximum absolute atomic E-state index is 13.2. The number of carbonyl (C=O) groups excluding carboxylic acids is 1. The summed E-state index contributed by atoms with van der Waals surface area (Å²) in [6, 6.07) is 14.8. The number of aryl methyl sites for hydroxylation is 1. The van der Waals surface area contributed by atoms with E-state index in [1.807, 2.05) is 4.90 Å². The number of rotatable bonds is 5. The van der Waals surface area contributed by atoms with Crippen molar-refractivity contribution in [2.24, 2.45) is 0 Å². The van der Waals surface area contributed by atoms with Crippen LogP contribution in [0.4, 0.5) is 4.39 Å². The van der Waals surface area contributed by atoms with Gasteiger partial charge in [0.2, 0.25) is 5.82 Å². The van der Waals surface area contributed by atoms with Crippen molar-refractivity contribution in [2.45, 2.75) is 33.2 Å². The van der Waals surface area contributed by atoms with Gasteiger partial charge in [-0.2, -0.15) is 0 Å². The molecular formula is C24H28FN5O. The van der Waals surface area contributed by atoms with Crippen LogP contribution in [0.15, 0.2) is 48.5 Å². The maximum atomic E-state index is 13.2. The number of aromatic nitrogens is 3. The van der Waals surface area contributed by atoms with Gasteiger partial charge in [0, 0.05) is 32.7 Å². The van der Waals surface area contributed by atoms with Gasteiger partial charge in [-0.05, 0) is 48.2 Å². The molecule has 0 radical (unpaired) electrons. The van der Waals surface area contributed by atoms with E-state index in [0.717, 1.165) is 19.6 Å². The lowest BCUT2D eigenvalue weighted by atomic mass is 10.0. The molecule has 0 N–H and O–H groups in total. The summed E-state index contributed by atoms with van der Waals surface area (Å²) in [5.41, 5.74) is 3.32. The molecule has 0 bridgehead atoms. The number of piperazine rings is 1. The minimum Gasteiger partial charge on any atom is -0.333 e. The summed E-state index contributed by atoms with van der Waals surface area (Å²) in [6.07, 6.45) is 0. The molecule has 6 nitrogen and oxygen atoms in total. The Hall–Kier alpha value is -3.06. The average molecular weight is 422 g/mol. The highest BCUT2D eigenvalue weighted by Gasteiger charge is 2.25. The average Bonchev–Trinajstić information content (AvgIpc) is 3.16. The lowest BCUT2D eigenvalue weighted by molar-refractivity contribution is 0.0616. The summed E-state index contributed by atoms with van der Waals surface area (Å²) in [5, 5.41) is 4.37. The summed E-state index contributed by atoms with van der Waals surface area (Å²) < 4.78 is 14.8. The summed E-state index contributed by atoms with van der Waals surface area (Å²) >= 11 is 0. The van der Waals surface area contributed by atoms with Crippen LogP contribution in [0.25, 0.3) is 5.69 Å². The van der Waals surface area contributed by atoms with E-state index in [1.54, 1.807) is 23.7 Å². The largest absolute Gasteiger partial charge is 0.333 e. The Morgan fingerprint density at radius 3 is 2.26 bits per heavy atom. The van der Waals surface area contributed by atoms with Crippen LogP contribution in [0.2, 0.25) is 0 Å². The molecular weight excluding hydrogens is 393 g/mol. The molecule has 2 heterocycles. The van der Waals surface area contributed by atoms with Crippen molar-refractivity contribution < 1.29 is 9.18 Å². The van der Waals surface area contributed by atoms with E-state index in [1.165, 1.54) is 23.3 Å². The van der Waals surface area contributed by atoms with Crippen molar-refractivity contribution in [3.05, 3.63) is 77.1 Å². The van der Waals surface area contributed by atoms with Gasteiger partial charge in [-0.25, -0.2) is 14.1 Å². The van der Waals surface area contributed by atoms with Crippen molar-refractivity contribution >= 4 is 5.91 Å². The molecule has 7 heteroatoms. The summed E-state index contributed by atoms with van der Waals surface area (Å²) in [4.78, 5) is 21.4. The van der Waals surface area contributed by atoms with Crippen molar-refractivity contribution in [1.29, 1.82) is 0 Å². The van der Waals surface area contributed by atoms with Crippen molar-refractivity contribution in [2.75, 3.05) is 26.2 Å². The fraction of sp³-hybridized carbons (Fsp3) is 0.375. The molecule has 0 spiro atoms. The van der Waals surface area contributed by atoms with Crippen LogP contribution in [0.1, 0.15) is 47.3 Å². The molecule has 0 saturated carbocycles. The molecule has 1 aromatic heterocycles. The zero-order valence-corrected chi connectivity index (χ0v) is 18.3. The minimum atomic E-state index is -0.313. The second-order valence-corrected chi connectivity index (χ2v) is 8.34. The van der Waals surface area contributed by atoms with Gasteiger partial charge in [0.1, 0.15) is 11.6 Å². The van der Waals surface area contributed by atoms with E-state index >= 15 is 0 Å². The van der Waals surface area contributed by atoms with E-state index in [4.69, 9.17) is 0 Å². The highest BCUT2D eigenvalue weighted by molar-refractivity contribution is 5.90. The number of halogens is 1. The van der Waals surface area contributed by atoms with E-state index in [9.17, 15) is 9.18 Å². The molecule has 2 aromatic carbocycles. The highest BCUT2D eigenvalue weighted by Crippen LogP contribution is 2.17. The number of amides is 1. The Morgan fingerprint density at radius 2 is 1.65 bits per heavy atom. The maximum Gasteiger partial charge on any atom is 0.293 e. The van der Waals surface area contributed by atoms with Gasteiger partial charge in [0.25, 0.3) is 5.91 Å². The van der Waals surface area contributed by atoms with Gasteiger partial charge in [-0.15, -0.1) is 5.10 Å². The molecule has 4 rings (SSSR count). The number of benzene rings is 2. The topological polar surface area (TPSA) is 54.3 Å². The summed E-state index contributed by atoms with van der Waals surface area (Å²) in [6.45, 7) is 9.99. The zero-order chi connectivity index (χ0) is 22.0. The van der Waals surface area contributed by atoms with Gasteiger partial charge in [0.15, 0.2) is 0 Å². The van der Waals surface area contributed by atoms with Crippen LogP contribution in [0.3, 0.4) is 0 Å². The lowest BCUT2D eigenvalue weighted by Crippen LogP contribution is -2.48. The molecule has 1 amide bonds. The van der Waals surface area contributed by atoms with Crippen molar-refractivity contribution in [3.8, 4) is 5.69 Å². The molecule has 3 aromatic rings. The highest BCUT2D eigenvalue weighted by atomic mass is 19.1. The molecule has 0 unspecified atom stereocenters. The van der Waals surface area contributed by atoms with E-state index < -0.39 is 0 Å². The third kappa shape index (κ3) is 4.82. The monoisotopic (exact) mass is 421 g/mol. The van der Waals surface area contributed by atoms with E-state index in [0.29, 0.717) is 30.5 Å². The number of nitrogens with zero attached hydrogens (tertiary/aromatic N) is 5. The third-order valence-electron chi connectivity index (χ3n) is 5.74. The molecule has 1 aliphatic rings. The second kappa shape index (κ2) is 8.98. The fourth-order valence-electron chi connectivity index (χ4n) is 3.82. The van der Waals surface area contributed by atoms with Crippen molar-refractivity contribution in [3.63, 3.8) is 0 Å². The standard InChI is InChI=1S/C24H28FN5O/c1-17(2)20-6-4-19(5-7-20)16-28-12-14-29(15-13-28)24(31)23-26-18(3)30(27-23)22-10-8-21(25)9-11-22/h4-11,17H,12-16H2,1-3H3. The number of hydrogen-bond acceptors (Lipinski definition) is 4. The Morgan fingerprint density at radius 1 is 1.00 bits per heavy atom. The van der Waals surface area contributed by atoms with Crippen LogP contribution >= 0.6 is 0 Å². The first-order chi connectivity index (χ1) is 14.9. The first kappa shape index (κ1) is 21.2. The minimum absolute atomic E-state index is 0.162. The van der Waals surface area contributed by atoms with Gasteiger partial charge in [0.05, 0.1) is 5.69 Å². The van der Waals surface area contributed by atoms with Gasteiger partial charge >= 0.3 is 0 Å². The summed E-state index contributed by atoms with van der Waals surface area (Å²) in [7, 11) is 0. The molecule has 31 heavy (non-hydrogen) atoms. The van der Waals surface area contributed by atoms with Gasteiger partial charge in [-0.1, -0.05) is 38.1 Å². The lowest BCUT2D eigenvalue weighted by Gasteiger charge is -2.34. The van der Waals surface area contributed by atoms with Crippen LogP contribution < -0.4 is 0 Å². The van der Waals surface area contributed by atoms with E-state index in [-0.39, 0.29) is 17.5 Å². The van der Waals surface area contributed by atoms with Crippen LogP contribution in [0, 0.1) is 12.7 Å². The smallest absolute Gasteiger partial charge is 0.293 e. The predicted octanol–water partition coefficient (Wildman–Crippen LogP) is 3.80. The van der Waals surface area contributed by atoms with Crippen molar-refractivity contribution in [1.82, 2.24) is 24.6 Å². The van der Waals surface area contributed by atoms with Crippen LogP contribution in [0.5, 0.6) is 0 Å². The quantitative estimate of drug-likeness (QED) is 0.629. The van der Waals surface area contributed by atoms with Gasteiger partial charge < -0.3 is 4.90 Å². The van der Waals surface area contributed by atoms with Gasteiger partial charge in [-0.3, -0.25) is 9.69 Å². The number of carbonyl (C=O) groups is 1. The zero-order valence-electron chi connectivity index (χ0n) is 18.3. The normalized spacial score (nSPS) is 14.9. The molecule has 162 valence electrons. The Labute approximate surface area is 182 Å².